The van der Waals surface area contributed by atoms with Gasteiger partial charge in [-0.25, -0.2) is 4.98 Å². The number of aromatic nitrogens is 1. The van der Waals surface area contributed by atoms with Crippen molar-refractivity contribution in [3.8, 4) is 11.6 Å². The summed E-state index contributed by atoms with van der Waals surface area (Å²) in [4.78, 5) is 4.13. The Balaban J connectivity index is 2.67. The Hall–Kier alpha value is -1.79. The molecule has 0 atom stereocenters. The summed E-state index contributed by atoms with van der Waals surface area (Å²) >= 11 is 0. The van der Waals surface area contributed by atoms with Crippen molar-refractivity contribution in [3.63, 3.8) is 0 Å². The summed E-state index contributed by atoms with van der Waals surface area (Å²) < 4.78 is 10.5. The highest BCUT2D eigenvalue weighted by molar-refractivity contribution is 6.60. The smallest absolute Gasteiger partial charge is 0.492 e. The van der Waals surface area contributed by atoms with E-state index in [-0.39, 0.29) is 0 Å². The van der Waals surface area contributed by atoms with Crippen LogP contribution in [0.1, 0.15) is 6.92 Å². The molecule has 0 fully saturated rings. The first-order chi connectivity index (χ1) is 8.67. The Morgan fingerprint density at radius 3 is 2.72 bits per heavy atom. The number of benzene rings is 1. The second-order valence-corrected chi connectivity index (χ2v) is 3.74. The van der Waals surface area contributed by atoms with Crippen LogP contribution < -0.4 is 14.9 Å². The highest BCUT2D eigenvalue weighted by atomic mass is 16.5. The maximum Gasteiger partial charge on any atom is 0.492 e. The molecule has 6 heteroatoms. The molecule has 0 spiro atoms. The van der Waals surface area contributed by atoms with Crippen LogP contribution in [0.4, 0.5) is 0 Å². The molecule has 0 bridgehead atoms. The van der Waals surface area contributed by atoms with Gasteiger partial charge in [0.1, 0.15) is 5.75 Å². The third kappa shape index (κ3) is 2.25. The summed E-state index contributed by atoms with van der Waals surface area (Å²) in [5.41, 5.74) is 0.291. The zero-order valence-corrected chi connectivity index (χ0v) is 10.3. The Bertz CT molecular complexity index is 559. The number of methoxy groups -OCH3 is 1. The minimum atomic E-state index is -1.60. The first-order valence-electron chi connectivity index (χ1n) is 5.63. The standard InChI is InChI=1S/C12H14BNO4/c1-3-18-12-9-7-10(13(15)16)11(17-2)6-8(9)4-5-14-12/h4-7,15-16H,3H2,1-2H3. The van der Waals surface area contributed by atoms with E-state index in [0.29, 0.717) is 23.7 Å². The molecule has 5 nitrogen and oxygen atoms in total. The monoisotopic (exact) mass is 247 g/mol. The number of hydrogen-bond acceptors (Lipinski definition) is 5. The fourth-order valence-electron chi connectivity index (χ4n) is 1.82. The molecule has 18 heavy (non-hydrogen) atoms. The summed E-state index contributed by atoms with van der Waals surface area (Å²) in [5.74, 6) is 0.894. The van der Waals surface area contributed by atoms with Gasteiger partial charge >= 0.3 is 7.12 Å². The van der Waals surface area contributed by atoms with E-state index in [0.717, 1.165) is 10.8 Å². The van der Waals surface area contributed by atoms with Crippen molar-refractivity contribution in [1.82, 2.24) is 4.98 Å². The second kappa shape index (κ2) is 5.24. The first kappa shape index (κ1) is 12.7. The predicted molar refractivity (Wildman–Crippen MR) is 69.3 cm³/mol. The molecule has 1 aromatic heterocycles. The lowest BCUT2D eigenvalue weighted by Gasteiger charge is -2.11. The second-order valence-electron chi connectivity index (χ2n) is 3.74. The van der Waals surface area contributed by atoms with Crippen molar-refractivity contribution >= 4 is 23.4 Å². The number of hydrogen-bond donors (Lipinski definition) is 2. The SMILES string of the molecule is CCOc1nccc2cc(OC)c(B(O)O)cc12. The minimum Gasteiger partial charge on any atom is -0.497 e. The average molecular weight is 247 g/mol. The fraction of sp³-hybridized carbons (Fsp3) is 0.250. The van der Waals surface area contributed by atoms with Crippen LogP contribution in [0.2, 0.25) is 0 Å². The summed E-state index contributed by atoms with van der Waals surface area (Å²) in [6, 6.07) is 5.17. The molecule has 0 aliphatic carbocycles. The molecule has 0 saturated heterocycles. The number of rotatable bonds is 4. The first-order valence-corrected chi connectivity index (χ1v) is 5.63. The largest absolute Gasteiger partial charge is 0.497 e. The van der Waals surface area contributed by atoms with Gasteiger partial charge in [-0.15, -0.1) is 0 Å². The van der Waals surface area contributed by atoms with Crippen LogP contribution in [0.3, 0.4) is 0 Å². The molecule has 94 valence electrons. The minimum absolute atomic E-state index is 0.291. The third-order valence-corrected chi connectivity index (χ3v) is 2.64. The van der Waals surface area contributed by atoms with E-state index < -0.39 is 7.12 Å². The lowest BCUT2D eigenvalue weighted by molar-refractivity contribution is 0.331. The Morgan fingerprint density at radius 1 is 1.33 bits per heavy atom. The van der Waals surface area contributed by atoms with E-state index in [2.05, 4.69) is 4.98 Å². The Kier molecular flexibility index (Phi) is 3.69. The molecule has 2 rings (SSSR count). The van der Waals surface area contributed by atoms with Gasteiger partial charge in [0, 0.05) is 17.0 Å². The maximum atomic E-state index is 9.33. The van der Waals surface area contributed by atoms with E-state index in [1.807, 2.05) is 13.0 Å². The number of pyridine rings is 1. The van der Waals surface area contributed by atoms with E-state index in [4.69, 9.17) is 9.47 Å². The topological polar surface area (TPSA) is 71.8 Å². The molecule has 2 N–H and O–H groups in total. The van der Waals surface area contributed by atoms with Crippen molar-refractivity contribution in [2.75, 3.05) is 13.7 Å². The van der Waals surface area contributed by atoms with Crippen molar-refractivity contribution in [3.05, 3.63) is 24.4 Å². The molecule has 0 unspecified atom stereocenters. The van der Waals surface area contributed by atoms with E-state index in [9.17, 15) is 10.0 Å². The van der Waals surface area contributed by atoms with Gasteiger partial charge in [-0.05, 0) is 30.5 Å². The lowest BCUT2D eigenvalue weighted by Crippen LogP contribution is -2.31. The van der Waals surface area contributed by atoms with Gasteiger partial charge in [-0.1, -0.05) is 0 Å². The van der Waals surface area contributed by atoms with Gasteiger partial charge in [-0.3, -0.25) is 0 Å². The zero-order chi connectivity index (χ0) is 13.1. The van der Waals surface area contributed by atoms with Gasteiger partial charge in [0.05, 0.1) is 13.7 Å². The van der Waals surface area contributed by atoms with Crippen molar-refractivity contribution < 1.29 is 19.5 Å². The molecule has 1 aromatic carbocycles. The van der Waals surface area contributed by atoms with Crippen molar-refractivity contribution in [2.45, 2.75) is 6.92 Å². The van der Waals surface area contributed by atoms with E-state index in [1.54, 1.807) is 18.3 Å². The van der Waals surface area contributed by atoms with Crippen LogP contribution in [0, 0.1) is 0 Å². The lowest BCUT2D eigenvalue weighted by atomic mass is 9.78. The molecule has 1 heterocycles. The van der Waals surface area contributed by atoms with Gasteiger partial charge in [-0.2, -0.15) is 0 Å². The normalized spacial score (nSPS) is 10.4. The Labute approximate surface area is 105 Å². The van der Waals surface area contributed by atoms with Gasteiger partial charge in [0.15, 0.2) is 0 Å². The predicted octanol–water partition coefficient (Wildman–Crippen LogP) is 0.322. The van der Waals surface area contributed by atoms with Crippen molar-refractivity contribution in [2.24, 2.45) is 0 Å². The summed E-state index contributed by atoms with van der Waals surface area (Å²) in [6.45, 7) is 2.36. The van der Waals surface area contributed by atoms with E-state index in [1.165, 1.54) is 7.11 Å². The van der Waals surface area contributed by atoms with Crippen molar-refractivity contribution in [1.29, 1.82) is 0 Å². The molecule has 0 aliphatic rings. The number of nitrogens with zero attached hydrogens (tertiary/aromatic N) is 1. The van der Waals surface area contributed by atoms with Gasteiger partial charge in [0.25, 0.3) is 0 Å². The van der Waals surface area contributed by atoms with Crippen LogP contribution in [0.15, 0.2) is 24.4 Å². The van der Waals surface area contributed by atoms with Crippen LogP contribution >= 0.6 is 0 Å². The quantitative estimate of drug-likeness (QED) is 0.761. The van der Waals surface area contributed by atoms with Crippen LogP contribution in [-0.2, 0) is 0 Å². The number of ether oxygens (including phenoxy) is 2. The van der Waals surface area contributed by atoms with Crippen LogP contribution in [0.25, 0.3) is 10.8 Å². The fourth-order valence-corrected chi connectivity index (χ4v) is 1.82. The highest BCUT2D eigenvalue weighted by Crippen LogP contribution is 2.25. The summed E-state index contributed by atoms with van der Waals surface area (Å²) in [5, 5.41) is 20.3. The molecule has 0 radical (unpaired) electrons. The number of fused-ring (bicyclic) bond motifs is 1. The third-order valence-electron chi connectivity index (χ3n) is 2.64. The zero-order valence-electron chi connectivity index (χ0n) is 10.3. The average Bonchev–Trinajstić information content (AvgIpc) is 2.37. The van der Waals surface area contributed by atoms with E-state index >= 15 is 0 Å². The molecule has 0 amide bonds. The van der Waals surface area contributed by atoms with Gasteiger partial charge in [0.2, 0.25) is 5.88 Å². The molecule has 2 aromatic rings. The van der Waals surface area contributed by atoms with Crippen LogP contribution in [0.5, 0.6) is 11.6 Å². The molecule has 0 saturated carbocycles. The summed E-state index contributed by atoms with van der Waals surface area (Å²) in [7, 11) is -0.114. The molecular weight excluding hydrogens is 233 g/mol. The Morgan fingerprint density at radius 2 is 2.11 bits per heavy atom. The maximum absolute atomic E-state index is 9.33. The summed E-state index contributed by atoms with van der Waals surface area (Å²) in [6.07, 6.45) is 1.64. The highest BCUT2D eigenvalue weighted by Gasteiger charge is 2.19. The van der Waals surface area contributed by atoms with Gasteiger partial charge < -0.3 is 19.5 Å². The van der Waals surface area contributed by atoms with Crippen LogP contribution in [-0.4, -0.2) is 35.9 Å². The molecular formula is C12H14BNO4. The molecule has 0 aliphatic heterocycles.